The maximum Gasteiger partial charge on any atom is 0.114 e. The normalized spacial score (nSPS) is 12.0. The van der Waals surface area contributed by atoms with Gasteiger partial charge < -0.3 is 0 Å². The van der Waals surface area contributed by atoms with Crippen molar-refractivity contribution in [2.24, 2.45) is 0 Å². The van der Waals surface area contributed by atoms with Crippen LogP contribution in [0.2, 0.25) is 0 Å². The van der Waals surface area contributed by atoms with Crippen LogP contribution in [0.4, 0.5) is 0 Å². The van der Waals surface area contributed by atoms with Gasteiger partial charge in [0.25, 0.3) is 0 Å². The average molecular weight is 149 g/mol. The summed E-state index contributed by atoms with van der Waals surface area (Å²) in [6, 6.07) is 11.5. The van der Waals surface area contributed by atoms with Crippen molar-refractivity contribution in [2.45, 2.75) is 5.25 Å². The van der Waals surface area contributed by atoms with Crippen LogP contribution in [0.15, 0.2) is 30.3 Å². The first-order valence-corrected chi connectivity index (χ1v) is 3.49. The van der Waals surface area contributed by atoms with Gasteiger partial charge in [0.05, 0.1) is 6.07 Å². The van der Waals surface area contributed by atoms with Crippen molar-refractivity contribution in [2.75, 3.05) is 0 Å². The van der Waals surface area contributed by atoms with E-state index in [1.165, 1.54) is 0 Å². The molecule has 1 atom stereocenters. The molecule has 1 nitrogen and oxygen atoms in total. The van der Waals surface area contributed by atoms with Crippen molar-refractivity contribution in [1.82, 2.24) is 0 Å². The van der Waals surface area contributed by atoms with Gasteiger partial charge in [-0.1, -0.05) is 30.3 Å². The monoisotopic (exact) mass is 149 g/mol. The molecule has 2 heteroatoms. The maximum absolute atomic E-state index is 8.46. The van der Waals surface area contributed by atoms with Crippen LogP contribution in [0.1, 0.15) is 10.8 Å². The third kappa shape index (κ3) is 1.52. The SMILES string of the molecule is N#C[C@H](S)c1ccccc1. The van der Waals surface area contributed by atoms with Crippen LogP contribution in [0, 0.1) is 11.3 Å². The molecule has 0 N–H and O–H groups in total. The fourth-order valence-corrected chi connectivity index (χ4v) is 0.882. The highest BCUT2D eigenvalue weighted by atomic mass is 32.1. The highest BCUT2D eigenvalue weighted by molar-refractivity contribution is 7.80. The summed E-state index contributed by atoms with van der Waals surface area (Å²) in [6.45, 7) is 0. The lowest BCUT2D eigenvalue weighted by molar-refractivity contribution is 1.24. The molecule has 0 heterocycles. The second-order valence-corrected chi connectivity index (χ2v) is 2.46. The minimum Gasteiger partial charge on any atom is -0.197 e. The fraction of sp³-hybridized carbons (Fsp3) is 0.125. The Kier molecular flexibility index (Phi) is 2.35. The molecule has 0 aliphatic heterocycles. The molecule has 0 spiro atoms. The minimum atomic E-state index is -0.291. The number of nitriles is 1. The van der Waals surface area contributed by atoms with Crippen molar-refractivity contribution >= 4 is 12.6 Å². The second-order valence-electron chi connectivity index (χ2n) is 1.94. The number of hydrogen-bond acceptors (Lipinski definition) is 2. The lowest BCUT2D eigenvalue weighted by atomic mass is 10.2. The highest BCUT2D eigenvalue weighted by Crippen LogP contribution is 2.16. The van der Waals surface area contributed by atoms with Crippen molar-refractivity contribution in [3.05, 3.63) is 35.9 Å². The van der Waals surface area contributed by atoms with E-state index in [4.69, 9.17) is 5.26 Å². The van der Waals surface area contributed by atoms with Gasteiger partial charge in [-0.15, -0.1) is 0 Å². The molecule has 1 aromatic carbocycles. The minimum absolute atomic E-state index is 0.291. The smallest absolute Gasteiger partial charge is 0.114 e. The number of rotatable bonds is 1. The molecule has 0 unspecified atom stereocenters. The summed E-state index contributed by atoms with van der Waals surface area (Å²) in [5.74, 6) is 0. The fourth-order valence-electron chi connectivity index (χ4n) is 0.710. The van der Waals surface area contributed by atoms with Gasteiger partial charge in [-0.2, -0.15) is 17.9 Å². The van der Waals surface area contributed by atoms with E-state index in [9.17, 15) is 0 Å². The van der Waals surface area contributed by atoms with Gasteiger partial charge in [0.15, 0.2) is 0 Å². The van der Waals surface area contributed by atoms with Crippen molar-refractivity contribution in [3.63, 3.8) is 0 Å². The lowest BCUT2D eigenvalue weighted by Crippen LogP contribution is -1.83. The molecule has 0 bridgehead atoms. The summed E-state index contributed by atoms with van der Waals surface area (Å²) in [7, 11) is 0. The summed E-state index contributed by atoms with van der Waals surface area (Å²) >= 11 is 4.06. The molecule has 0 radical (unpaired) electrons. The number of thiol groups is 1. The quantitative estimate of drug-likeness (QED) is 0.608. The predicted octanol–water partition coefficient (Wildman–Crippen LogP) is 2.18. The molecule has 0 saturated heterocycles. The summed E-state index contributed by atoms with van der Waals surface area (Å²) in [6.07, 6.45) is 0. The van der Waals surface area contributed by atoms with Crippen molar-refractivity contribution in [1.29, 1.82) is 5.26 Å². The molecular formula is C8H7NS. The van der Waals surface area contributed by atoms with Gasteiger partial charge >= 0.3 is 0 Å². The summed E-state index contributed by atoms with van der Waals surface area (Å²) in [5.41, 5.74) is 0.952. The van der Waals surface area contributed by atoms with Gasteiger partial charge in [-0.3, -0.25) is 0 Å². The number of nitrogens with zero attached hydrogens (tertiary/aromatic N) is 1. The van der Waals surface area contributed by atoms with Crippen LogP contribution in [0.25, 0.3) is 0 Å². The van der Waals surface area contributed by atoms with Gasteiger partial charge in [0.2, 0.25) is 0 Å². The summed E-state index contributed by atoms with van der Waals surface area (Å²) < 4.78 is 0. The van der Waals surface area contributed by atoms with E-state index in [1.807, 2.05) is 36.4 Å². The van der Waals surface area contributed by atoms with Crippen LogP contribution in [-0.2, 0) is 0 Å². The molecule has 10 heavy (non-hydrogen) atoms. The summed E-state index contributed by atoms with van der Waals surface area (Å²) in [4.78, 5) is 0. The van der Waals surface area contributed by atoms with Gasteiger partial charge in [-0.05, 0) is 5.56 Å². The second kappa shape index (κ2) is 3.28. The van der Waals surface area contributed by atoms with Gasteiger partial charge in [0.1, 0.15) is 5.25 Å². The average Bonchev–Trinajstić information content (AvgIpc) is 2.05. The molecule has 0 saturated carbocycles. The Morgan fingerprint density at radius 3 is 2.40 bits per heavy atom. The Labute approximate surface area is 65.7 Å². The largest absolute Gasteiger partial charge is 0.197 e. The molecule has 0 aliphatic rings. The van der Waals surface area contributed by atoms with Crippen LogP contribution >= 0.6 is 12.6 Å². The molecule has 0 fully saturated rings. The van der Waals surface area contributed by atoms with Crippen LogP contribution in [-0.4, -0.2) is 0 Å². The Morgan fingerprint density at radius 2 is 1.90 bits per heavy atom. The van der Waals surface area contributed by atoms with E-state index in [0.717, 1.165) is 5.56 Å². The standard InChI is InChI=1S/C8H7NS/c9-6-8(10)7-4-2-1-3-5-7/h1-5,8,10H/t8-/m0/s1. The zero-order chi connectivity index (χ0) is 7.40. The molecule has 0 aromatic heterocycles. The first-order valence-electron chi connectivity index (χ1n) is 2.97. The number of benzene rings is 1. The maximum atomic E-state index is 8.46. The third-order valence-corrected chi connectivity index (χ3v) is 1.65. The topological polar surface area (TPSA) is 23.8 Å². The first-order chi connectivity index (χ1) is 4.84. The highest BCUT2D eigenvalue weighted by Gasteiger charge is 2.00. The van der Waals surface area contributed by atoms with Crippen LogP contribution < -0.4 is 0 Å². The van der Waals surface area contributed by atoms with E-state index >= 15 is 0 Å². The van der Waals surface area contributed by atoms with Gasteiger partial charge in [0, 0.05) is 0 Å². The Balaban J connectivity index is 2.88. The Bertz CT molecular complexity index is 237. The zero-order valence-corrected chi connectivity index (χ0v) is 6.25. The molecule has 1 rings (SSSR count). The van der Waals surface area contributed by atoms with E-state index in [-0.39, 0.29) is 5.25 Å². The van der Waals surface area contributed by atoms with E-state index < -0.39 is 0 Å². The molecule has 50 valence electrons. The number of hydrogen-bond donors (Lipinski definition) is 1. The van der Waals surface area contributed by atoms with Crippen molar-refractivity contribution < 1.29 is 0 Å². The molecule has 0 amide bonds. The molecule has 0 aliphatic carbocycles. The Hall–Kier alpha value is -0.940. The summed E-state index contributed by atoms with van der Waals surface area (Å²) in [5, 5.41) is 8.17. The molecule has 1 aromatic rings. The Morgan fingerprint density at radius 1 is 1.30 bits per heavy atom. The third-order valence-electron chi connectivity index (χ3n) is 1.24. The zero-order valence-electron chi connectivity index (χ0n) is 5.36. The first kappa shape index (κ1) is 7.17. The lowest BCUT2D eigenvalue weighted by Gasteiger charge is -1.98. The van der Waals surface area contributed by atoms with Gasteiger partial charge in [-0.25, -0.2) is 0 Å². The van der Waals surface area contributed by atoms with E-state index in [2.05, 4.69) is 12.6 Å². The van der Waals surface area contributed by atoms with E-state index in [0.29, 0.717) is 0 Å². The van der Waals surface area contributed by atoms with Crippen LogP contribution in [0.5, 0.6) is 0 Å². The molecular weight excluding hydrogens is 142 g/mol. The van der Waals surface area contributed by atoms with Crippen molar-refractivity contribution in [3.8, 4) is 6.07 Å². The predicted molar refractivity (Wildman–Crippen MR) is 43.8 cm³/mol. The van der Waals surface area contributed by atoms with E-state index in [1.54, 1.807) is 0 Å². The van der Waals surface area contributed by atoms with Crippen LogP contribution in [0.3, 0.4) is 0 Å².